The van der Waals surface area contributed by atoms with E-state index in [1.54, 1.807) is 0 Å². The largest absolute Gasteiger partial charge is 0.465 e. The average Bonchev–Trinajstić information content (AvgIpc) is 2.78. The van der Waals surface area contributed by atoms with Crippen LogP contribution in [0.2, 0.25) is 0 Å². The molecule has 150 valence electrons. The van der Waals surface area contributed by atoms with Gasteiger partial charge < -0.3 is 4.74 Å². The van der Waals surface area contributed by atoms with E-state index in [0.717, 1.165) is 36.0 Å². The van der Waals surface area contributed by atoms with Crippen LogP contribution in [0.5, 0.6) is 0 Å². The molecule has 3 aromatic carbocycles. The smallest absolute Gasteiger partial charge is 0.314 e. The van der Waals surface area contributed by atoms with E-state index in [9.17, 15) is 4.79 Å². The first-order chi connectivity index (χ1) is 14.2. The fourth-order valence-corrected chi connectivity index (χ4v) is 4.35. The van der Waals surface area contributed by atoms with Crippen LogP contribution in [-0.4, -0.2) is 12.6 Å². The van der Waals surface area contributed by atoms with Crippen LogP contribution in [0.15, 0.2) is 91.0 Å². The summed E-state index contributed by atoms with van der Waals surface area (Å²) in [6.45, 7) is 4.44. The third kappa shape index (κ3) is 4.42. The second kappa shape index (κ2) is 10.1. The van der Waals surface area contributed by atoms with Crippen molar-refractivity contribution in [1.82, 2.24) is 0 Å². The molecule has 0 aliphatic heterocycles. The van der Waals surface area contributed by atoms with Crippen molar-refractivity contribution in [3.8, 4) is 0 Å². The first-order valence-electron chi connectivity index (χ1n) is 10.6. The van der Waals surface area contributed by atoms with E-state index in [-0.39, 0.29) is 5.97 Å². The molecule has 0 fully saturated rings. The van der Waals surface area contributed by atoms with Gasteiger partial charge in [0.15, 0.2) is 0 Å². The van der Waals surface area contributed by atoms with Gasteiger partial charge >= 0.3 is 5.97 Å². The topological polar surface area (TPSA) is 26.3 Å². The lowest BCUT2D eigenvalue weighted by molar-refractivity contribution is -0.146. The second-order valence-electron chi connectivity index (χ2n) is 7.40. The molecule has 0 amide bonds. The first-order valence-corrected chi connectivity index (χ1v) is 10.6. The Morgan fingerprint density at radius 3 is 1.72 bits per heavy atom. The molecule has 3 rings (SSSR count). The Bertz CT molecular complexity index is 833. The fourth-order valence-electron chi connectivity index (χ4n) is 4.35. The van der Waals surface area contributed by atoms with Crippen molar-refractivity contribution >= 4 is 5.97 Å². The standard InChI is InChI=1S/C27H30O2/c1-3-5-21-27(23-17-11-7-12-18-23,24-19-13-8-14-20-24)25(26(28)29-4-2)22-15-9-6-10-16-22/h6-20,25H,3-5,21H2,1-2H3/t25-/m1/s1. The van der Waals surface area contributed by atoms with Gasteiger partial charge in [0.2, 0.25) is 0 Å². The zero-order chi connectivity index (χ0) is 20.5. The van der Waals surface area contributed by atoms with Crippen molar-refractivity contribution in [2.75, 3.05) is 6.61 Å². The number of ether oxygens (including phenoxy) is 1. The van der Waals surface area contributed by atoms with Gasteiger partial charge in [-0.3, -0.25) is 4.79 Å². The Balaban J connectivity index is 2.32. The molecule has 0 bridgehead atoms. The number of rotatable bonds is 9. The molecule has 29 heavy (non-hydrogen) atoms. The van der Waals surface area contributed by atoms with Gasteiger partial charge in [-0.2, -0.15) is 0 Å². The van der Waals surface area contributed by atoms with E-state index in [4.69, 9.17) is 4.74 Å². The molecule has 2 heteroatoms. The summed E-state index contributed by atoms with van der Waals surface area (Å²) in [6, 6.07) is 31.0. The van der Waals surface area contributed by atoms with E-state index in [1.807, 2.05) is 49.4 Å². The predicted molar refractivity (Wildman–Crippen MR) is 119 cm³/mol. The molecular weight excluding hydrogens is 356 g/mol. The maximum atomic E-state index is 13.5. The van der Waals surface area contributed by atoms with Gasteiger partial charge in [-0.05, 0) is 30.0 Å². The Morgan fingerprint density at radius 1 is 0.793 bits per heavy atom. The van der Waals surface area contributed by atoms with Crippen molar-refractivity contribution < 1.29 is 9.53 Å². The molecule has 0 aliphatic carbocycles. The molecule has 0 aliphatic rings. The van der Waals surface area contributed by atoms with Gasteiger partial charge in [-0.25, -0.2) is 0 Å². The van der Waals surface area contributed by atoms with Gasteiger partial charge in [0.05, 0.1) is 12.5 Å². The molecule has 1 atom stereocenters. The van der Waals surface area contributed by atoms with Crippen LogP contribution in [0.3, 0.4) is 0 Å². The highest BCUT2D eigenvalue weighted by molar-refractivity contribution is 5.82. The molecule has 0 aromatic heterocycles. The van der Waals surface area contributed by atoms with Gasteiger partial charge in [0, 0.05) is 5.41 Å². The summed E-state index contributed by atoms with van der Waals surface area (Å²) in [5.41, 5.74) is 2.81. The van der Waals surface area contributed by atoms with Crippen LogP contribution in [0.1, 0.15) is 55.7 Å². The Labute approximate surface area is 174 Å². The molecule has 2 nitrogen and oxygen atoms in total. The van der Waals surface area contributed by atoms with Crippen LogP contribution >= 0.6 is 0 Å². The highest BCUT2D eigenvalue weighted by Crippen LogP contribution is 2.49. The van der Waals surface area contributed by atoms with Gasteiger partial charge in [0.1, 0.15) is 0 Å². The highest BCUT2D eigenvalue weighted by atomic mass is 16.5. The molecule has 0 spiro atoms. The molecule has 0 saturated carbocycles. The molecule has 3 aromatic rings. The quantitative estimate of drug-likeness (QED) is 0.392. The molecule has 0 N–H and O–H groups in total. The van der Waals surface area contributed by atoms with Crippen molar-refractivity contribution in [2.45, 2.75) is 44.4 Å². The van der Waals surface area contributed by atoms with Crippen LogP contribution in [0.25, 0.3) is 0 Å². The van der Waals surface area contributed by atoms with Gasteiger partial charge in [-0.15, -0.1) is 0 Å². The number of benzene rings is 3. The number of hydrogen-bond donors (Lipinski definition) is 0. The molecular formula is C27H30O2. The van der Waals surface area contributed by atoms with E-state index in [1.165, 1.54) is 0 Å². The van der Waals surface area contributed by atoms with E-state index in [0.29, 0.717) is 6.61 Å². The minimum Gasteiger partial charge on any atom is -0.465 e. The minimum atomic E-state index is -0.494. The maximum absolute atomic E-state index is 13.5. The molecule has 0 unspecified atom stereocenters. The zero-order valence-corrected chi connectivity index (χ0v) is 17.4. The van der Waals surface area contributed by atoms with Crippen molar-refractivity contribution in [3.05, 3.63) is 108 Å². The second-order valence-corrected chi connectivity index (χ2v) is 7.40. The summed E-state index contributed by atoms with van der Waals surface area (Å²) < 4.78 is 5.65. The van der Waals surface area contributed by atoms with Crippen LogP contribution in [-0.2, 0) is 14.9 Å². The first kappa shape index (κ1) is 20.9. The van der Waals surface area contributed by atoms with Crippen LogP contribution in [0.4, 0.5) is 0 Å². The van der Waals surface area contributed by atoms with Crippen molar-refractivity contribution in [3.63, 3.8) is 0 Å². The Hall–Kier alpha value is -2.87. The van der Waals surface area contributed by atoms with E-state index < -0.39 is 11.3 Å². The van der Waals surface area contributed by atoms with Crippen LogP contribution < -0.4 is 0 Å². The number of carbonyl (C=O) groups is 1. The normalized spacial score (nSPS) is 12.3. The van der Waals surface area contributed by atoms with Gasteiger partial charge in [0.25, 0.3) is 0 Å². The lowest BCUT2D eigenvalue weighted by Crippen LogP contribution is -2.40. The predicted octanol–water partition coefficient (Wildman–Crippen LogP) is 6.51. The summed E-state index contributed by atoms with van der Waals surface area (Å²) in [5.74, 6) is -0.581. The Morgan fingerprint density at radius 2 is 1.28 bits per heavy atom. The average molecular weight is 387 g/mol. The summed E-state index contributed by atoms with van der Waals surface area (Å²) >= 11 is 0. The van der Waals surface area contributed by atoms with Crippen molar-refractivity contribution in [1.29, 1.82) is 0 Å². The van der Waals surface area contributed by atoms with Crippen molar-refractivity contribution in [2.24, 2.45) is 0 Å². The van der Waals surface area contributed by atoms with Gasteiger partial charge in [-0.1, -0.05) is 111 Å². The number of esters is 1. The molecule has 0 heterocycles. The summed E-state index contributed by atoms with van der Waals surface area (Å²) in [6.07, 6.45) is 2.95. The summed E-state index contributed by atoms with van der Waals surface area (Å²) in [7, 11) is 0. The van der Waals surface area contributed by atoms with E-state index >= 15 is 0 Å². The number of hydrogen-bond acceptors (Lipinski definition) is 2. The number of unbranched alkanes of at least 4 members (excludes halogenated alkanes) is 1. The minimum absolute atomic E-state index is 0.164. The zero-order valence-electron chi connectivity index (χ0n) is 17.4. The Kier molecular flexibility index (Phi) is 7.24. The molecule has 0 saturated heterocycles. The fraction of sp³-hybridized carbons (Fsp3) is 0.296. The molecule has 0 radical (unpaired) electrons. The van der Waals surface area contributed by atoms with E-state index in [2.05, 4.69) is 55.5 Å². The van der Waals surface area contributed by atoms with Crippen LogP contribution in [0, 0.1) is 0 Å². The monoisotopic (exact) mass is 386 g/mol. The lowest BCUT2D eigenvalue weighted by atomic mass is 9.61. The third-order valence-electron chi connectivity index (χ3n) is 5.65. The lowest BCUT2D eigenvalue weighted by Gasteiger charge is -2.41. The SMILES string of the molecule is CCCCC(c1ccccc1)(c1ccccc1)[C@@H](C(=O)OCC)c1ccccc1. The summed E-state index contributed by atoms with van der Waals surface area (Å²) in [4.78, 5) is 13.5. The third-order valence-corrected chi connectivity index (χ3v) is 5.65. The highest BCUT2D eigenvalue weighted by Gasteiger charge is 2.47. The summed E-state index contributed by atoms with van der Waals surface area (Å²) in [5, 5.41) is 0. The maximum Gasteiger partial charge on any atom is 0.314 e. The number of carbonyl (C=O) groups excluding carboxylic acids is 1.